The maximum Gasteiger partial charge on any atom is 0.423 e. The molecule has 1 rings (SSSR count). The molecule has 0 aliphatic heterocycles. The van der Waals surface area contributed by atoms with Crippen molar-refractivity contribution in [2.75, 3.05) is 0 Å². The van der Waals surface area contributed by atoms with E-state index < -0.39 is 38.2 Å². The minimum Gasteiger partial charge on any atom is -0.443 e. The molecular weight excluding hydrogens is 294 g/mol. The van der Waals surface area contributed by atoms with Crippen molar-refractivity contribution >= 4 is 16.1 Å². The number of rotatable bonds is 3. The molecule has 0 aliphatic carbocycles. The zero-order chi connectivity index (χ0) is 15.6. The Morgan fingerprint density at radius 2 is 1.85 bits per heavy atom. The van der Waals surface area contributed by atoms with E-state index >= 15 is 0 Å². The van der Waals surface area contributed by atoms with Crippen LogP contribution in [0.1, 0.15) is 20.8 Å². The first kappa shape index (κ1) is 16.3. The van der Waals surface area contributed by atoms with Gasteiger partial charge in [-0.1, -0.05) is 0 Å². The normalized spacial score (nSPS) is 12.1. The second kappa shape index (κ2) is 5.71. The quantitative estimate of drug-likeness (QED) is 0.832. The summed E-state index contributed by atoms with van der Waals surface area (Å²) in [5.74, 6) is -2.19. The molecule has 0 saturated carbocycles. The Hall–Kier alpha value is -1.74. The molecule has 6 nitrogen and oxygen atoms in total. The van der Waals surface area contributed by atoms with Crippen molar-refractivity contribution in [1.82, 2.24) is 10.3 Å². The second-order valence-corrected chi connectivity index (χ2v) is 6.46. The number of carbonyl (C=O) groups excluding carboxylic acids is 1. The molecule has 1 aromatic rings. The van der Waals surface area contributed by atoms with E-state index in [9.17, 15) is 22.0 Å². The van der Waals surface area contributed by atoms with Crippen LogP contribution in [0.25, 0.3) is 0 Å². The standard InChI is InChI=1S/C11H14F2N2O4S/c1-11(2,3)19-10(16)14-15-20(17,18)9-5-4-7(12)6-8(9)13/h4-6,15H,1-3H3,(H,14,16). The van der Waals surface area contributed by atoms with Crippen LogP contribution in [0.15, 0.2) is 23.1 Å². The third kappa shape index (κ3) is 4.74. The minimum atomic E-state index is -4.36. The molecule has 0 radical (unpaired) electrons. The second-order valence-electron chi connectivity index (χ2n) is 4.81. The Morgan fingerprint density at radius 3 is 2.35 bits per heavy atom. The molecule has 0 aliphatic rings. The number of sulfonamides is 1. The maximum atomic E-state index is 13.3. The van der Waals surface area contributed by atoms with E-state index in [4.69, 9.17) is 4.74 Å². The highest BCUT2D eigenvalue weighted by Crippen LogP contribution is 2.14. The Labute approximate surface area is 115 Å². The molecule has 1 amide bonds. The summed E-state index contributed by atoms with van der Waals surface area (Å²) in [4.78, 5) is 12.1. The summed E-state index contributed by atoms with van der Waals surface area (Å²) in [6.07, 6.45) is -1.05. The lowest BCUT2D eigenvalue weighted by molar-refractivity contribution is 0.0515. The molecule has 1 aromatic carbocycles. The van der Waals surface area contributed by atoms with Gasteiger partial charge in [-0.2, -0.15) is 0 Å². The molecule has 0 unspecified atom stereocenters. The van der Waals surface area contributed by atoms with Crippen LogP contribution in [0.5, 0.6) is 0 Å². The summed E-state index contributed by atoms with van der Waals surface area (Å²) in [6.45, 7) is 4.75. The number of ether oxygens (including phenoxy) is 1. The van der Waals surface area contributed by atoms with Crippen molar-refractivity contribution in [3.63, 3.8) is 0 Å². The molecule has 0 spiro atoms. The summed E-state index contributed by atoms with van der Waals surface area (Å²) >= 11 is 0. The van der Waals surface area contributed by atoms with Crippen LogP contribution in [0, 0.1) is 11.6 Å². The van der Waals surface area contributed by atoms with E-state index in [1.54, 1.807) is 31.0 Å². The van der Waals surface area contributed by atoms with Gasteiger partial charge in [0, 0.05) is 6.07 Å². The van der Waals surface area contributed by atoms with Crippen LogP contribution in [0.2, 0.25) is 0 Å². The Bertz CT molecular complexity index is 611. The highest BCUT2D eigenvalue weighted by Gasteiger charge is 2.22. The largest absolute Gasteiger partial charge is 0.443 e. The molecule has 0 bridgehead atoms. The lowest BCUT2D eigenvalue weighted by Crippen LogP contribution is -2.44. The summed E-state index contributed by atoms with van der Waals surface area (Å²) in [7, 11) is -4.36. The van der Waals surface area contributed by atoms with Crippen molar-refractivity contribution in [1.29, 1.82) is 0 Å². The Kier molecular flexibility index (Phi) is 4.66. The molecule has 112 valence electrons. The number of carbonyl (C=O) groups is 1. The van der Waals surface area contributed by atoms with E-state index in [0.29, 0.717) is 6.07 Å². The van der Waals surface area contributed by atoms with Crippen molar-refractivity contribution in [2.24, 2.45) is 0 Å². The maximum absolute atomic E-state index is 13.3. The van der Waals surface area contributed by atoms with Gasteiger partial charge in [0.2, 0.25) is 0 Å². The number of hydrazine groups is 1. The van der Waals surface area contributed by atoms with Gasteiger partial charge in [0.15, 0.2) is 0 Å². The first-order valence-electron chi connectivity index (χ1n) is 5.47. The fraction of sp³-hybridized carbons (Fsp3) is 0.364. The summed E-state index contributed by atoms with van der Waals surface area (Å²) in [6, 6.07) is 1.94. The fourth-order valence-electron chi connectivity index (χ4n) is 1.16. The molecule has 0 aromatic heterocycles. The molecule has 0 atom stereocenters. The number of benzene rings is 1. The van der Waals surface area contributed by atoms with Gasteiger partial charge in [-0.3, -0.25) is 0 Å². The number of amides is 1. The molecule has 0 heterocycles. The van der Waals surface area contributed by atoms with Crippen LogP contribution in [-0.2, 0) is 14.8 Å². The third-order valence-corrected chi connectivity index (χ3v) is 3.15. The predicted molar refractivity (Wildman–Crippen MR) is 66.0 cm³/mol. The molecule has 20 heavy (non-hydrogen) atoms. The van der Waals surface area contributed by atoms with E-state index in [-0.39, 0.29) is 0 Å². The monoisotopic (exact) mass is 308 g/mol. The predicted octanol–water partition coefficient (Wildman–Crippen LogP) is 1.68. The SMILES string of the molecule is CC(C)(C)OC(=O)NNS(=O)(=O)c1ccc(F)cc1F. The van der Waals surface area contributed by atoms with Crippen molar-refractivity contribution in [2.45, 2.75) is 31.3 Å². The topological polar surface area (TPSA) is 84.5 Å². The number of nitrogens with one attached hydrogen (secondary N) is 2. The average Bonchev–Trinajstić information content (AvgIpc) is 2.23. The number of hydrogen-bond donors (Lipinski definition) is 2. The van der Waals surface area contributed by atoms with E-state index in [1.165, 1.54) is 0 Å². The van der Waals surface area contributed by atoms with Crippen molar-refractivity contribution in [3.8, 4) is 0 Å². The zero-order valence-corrected chi connectivity index (χ0v) is 11.8. The van der Waals surface area contributed by atoms with E-state index in [0.717, 1.165) is 12.1 Å². The summed E-state index contributed by atoms with van der Waals surface area (Å²) in [5.41, 5.74) is 0.937. The van der Waals surface area contributed by atoms with E-state index in [1.807, 2.05) is 0 Å². The van der Waals surface area contributed by atoms with E-state index in [2.05, 4.69) is 0 Å². The lowest BCUT2D eigenvalue weighted by Gasteiger charge is -2.19. The first-order chi connectivity index (χ1) is 9.01. The molecule has 2 N–H and O–H groups in total. The zero-order valence-electron chi connectivity index (χ0n) is 11.0. The van der Waals surface area contributed by atoms with Gasteiger partial charge < -0.3 is 4.74 Å². The molecular formula is C11H14F2N2O4S. The van der Waals surface area contributed by atoms with Crippen LogP contribution in [-0.4, -0.2) is 20.1 Å². The molecule has 0 fully saturated rings. The van der Waals surface area contributed by atoms with Crippen LogP contribution >= 0.6 is 0 Å². The van der Waals surface area contributed by atoms with Crippen molar-refractivity contribution < 1.29 is 26.7 Å². The van der Waals surface area contributed by atoms with Gasteiger partial charge in [-0.25, -0.2) is 27.4 Å². The van der Waals surface area contributed by atoms with Crippen LogP contribution < -0.4 is 10.3 Å². The van der Waals surface area contributed by atoms with Gasteiger partial charge in [0.05, 0.1) is 0 Å². The average molecular weight is 308 g/mol. The van der Waals surface area contributed by atoms with Gasteiger partial charge in [0.1, 0.15) is 22.1 Å². The smallest absolute Gasteiger partial charge is 0.423 e. The van der Waals surface area contributed by atoms with Gasteiger partial charge in [0.25, 0.3) is 10.0 Å². The summed E-state index contributed by atoms with van der Waals surface area (Å²) in [5, 5.41) is 0. The van der Waals surface area contributed by atoms with Crippen LogP contribution in [0.4, 0.5) is 13.6 Å². The lowest BCUT2D eigenvalue weighted by atomic mass is 10.2. The molecule has 0 saturated heterocycles. The minimum absolute atomic E-state index is 0.419. The van der Waals surface area contributed by atoms with Crippen LogP contribution in [0.3, 0.4) is 0 Å². The highest BCUT2D eigenvalue weighted by atomic mass is 32.2. The first-order valence-corrected chi connectivity index (χ1v) is 6.95. The number of hydrogen-bond acceptors (Lipinski definition) is 4. The van der Waals surface area contributed by atoms with Gasteiger partial charge >= 0.3 is 6.09 Å². The van der Waals surface area contributed by atoms with Gasteiger partial charge in [-0.15, -0.1) is 4.83 Å². The highest BCUT2D eigenvalue weighted by molar-refractivity contribution is 7.89. The Morgan fingerprint density at radius 1 is 1.25 bits per heavy atom. The van der Waals surface area contributed by atoms with Crippen molar-refractivity contribution in [3.05, 3.63) is 29.8 Å². The Balaban J connectivity index is 2.78. The summed E-state index contributed by atoms with van der Waals surface area (Å²) < 4.78 is 54.2. The third-order valence-electron chi connectivity index (χ3n) is 1.87. The number of halogens is 2. The molecule has 9 heteroatoms. The van der Waals surface area contributed by atoms with Gasteiger partial charge in [-0.05, 0) is 32.9 Å². The fourth-order valence-corrected chi connectivity index (χ4v) is 2.05.